The lowest BCUT2D eigenvalue weighted by Crippen LogP contribution is -2.24. The molecule has 0 aliphatic heterocycles. The highest BCUT2D eigenvalue weighted by molar-refractivity contribution is 5.94. The minimum atomic E-state index is -0.344. The Morgan fingerprint density at radius 2 is 1.65 bits per heavy atom. The van der Waals surface area contributed by atoms with Crippen LogP contribution in [0.1, 0.15) is 48.3 Å². The highest BCUT2D eigenvalue weighted by atomic mass is 19.1. The number of hydrogen-bond donors (Lipinski definition) is 1. The van der Waals surface area contributed by atoms with E-state index in [9.17, 15) is 9.18 Å². The lowest BCUT2D eigenvalue weighted by molar-refractivity contribution is 0.0953. The van der Waals surface area contributed by atoms with Crippen LogP contribution in [0, 0.1) is 5.82 Å². The number of para-hydroxylation sites is 4. The smallest absolute Gasteiger partial charge is 0.251 e. The SMILES string of the molecule is COc1ccccc1OCCCCn1c(CCCCCNC(=O)c2ccc(F)cc2)nc2ccccc21. The second kappa shape index (κ2) is 13.4. The van der Waals surface area contributed by atoms with Gasteiger partial charge < -0.3 is 19.4 Å². The summed E-state index contributed by atoms with van der Waals surface area (Å²) < 4.78 is 26.6. The van der Waals surface area contributed by atoms with E-state index in [0.717, 1.165) is 73.4 Å². The highest BCUT2D eigenvalue weighted by Gasteiger charge is 2.11. The van der Waals surface area contributed by atoms with Crippen LogP contribution in [0.15, 0.2) is 72.8 Å². The van der Waals surface area contributed by atoms with E-state index in [-0.39, 0.29) is 11.7 Å². The fraction of sp³-hybridized carbons (Fsp3) is 0.333. The molecule has 0 radical (unpaired) electrons. The number of ether oxygens (including phenoxy) is 2. The molecule has 0 aliphatic carbocycles. The van der Waals surface area contributed by atoms with Crippen LogP contribution in [-0.2, 0) is 13.0 Å². The lowest BCUT2D eigenvalue weighted by Gasteiger charge is -2.12. The fourth-order valence-electron chi connectivity index (χ4n) is 4.35. The van der Waals surface area contributed by atoms with Crippen molar-refractivity contribution in [3.8, 4) is 11.5 Å². The van der Waals surface area contributed by atoms with Crippen molar-refractivity contribution in [2.75, 3.05) is 20.3 Å². The molecule has 0 unspecified atom stereocenters. The first kappa shape index (κ1) is 26.2. The van der Waals surface area contributed by atoms with Crippen LogP contribution in [0.4, 0.5) is 4.39 Å². The van der Waals surface area contributed by atoms with Gasteiger partial charge in [0.2, 0.25) is 0 Å². The Morgan fingerprint density at radius 1 is 0.892 bits per heavy atom. The number of aryl methyl sites for hydroxylation is 2. The summed E-state index contributed by atoms with van der Waals surface area (Å²) in [7, 11) is 1.65. The molecule has 0 atom stereocenters. The van der Waals surface area contributed by atoms with Gasteiger partial charge in [-0.15, -0.1) is 0 Å². The van der Waals surface area contributed by atoms with Gasteiger partial charge >= 0.3 is 0 Å². The molecular weight excluding hydrogens is 469 g/mol. The normalized spacial score (nSPS) is 11.0. The van der Waals surface area contributed by atoms with Crippen LogP contribution < -0.4 is 14.8 Å². The zero-order valence-corrected chi connectivity index (χ0v) is 21.3. The third-order valence-corrected chi connectivity index (χ3v) is 6.31. The number of imidazole rings is 1. The number of nitrogens with one attached hydrogen (secondary N) is 1. The van der Waals surface area contributed by atoms with E-state index in [0.29, 0.717) is 18.7 Å². The topological polar surface area (TPSA) is 65.4 Å². The Kier molecular flexibility index (Phi) is 9.52. The first-order valence-corrected chi connectivity index (χ1v) is 12.9. The molecule has 1 amide bonds. The summed E-state index contributed by atoms with van der Waals surface area (Å²) in [5.74, 6) is 2.11. The summed E-state index contributed by atoms with van der Waals surface area (Å²) in [6.07, 6.45) is 5.66. The van der Waals surface area contributed by atoms with E-state index in [2.05, 4.69) is 28.1 Å². The molecule has 6 nitrogen and oxygen atoms in total. The second-order valence-electron chi connectivity index (χ2n) is 8.95. The van der Waals surface area contributed by atoms with Gasteiger partial charge in [-0.3, -0.25) is 4.79 Å². The molecule has 3 aromatic carbocycles. The molecule has 194 valence electrons. The minimum Gasteiger partial charge on any atom is -0.493 e. The number of fused-ring (bicyclic) bond motifs is 1. The number of benzene rings is 3. The van der Waals surface area contributed by atoms with Gasteiger partial charge in [0.25, 0.3) is 5.91 Å². The molecule has 0 saturated heterocycles. The van der Waals surface area contributed by atoms with Crippen molar-refractivity contribution in [1.82, 2.24) is 14.9 Å². The number of hydrogen-bond acceptors (Lipinski definition) is 4. The highest BCUT2D eigenvalue weighted by Crippen LogP contribution is 2.26. The summed E-state index contributed by atoms with van der Waals surface area (Å²) >= 11 is 0. The van der Waals surface area contributed by atoms with Crippen molar-refractivity contribution >= 4 is 16.9 Å². The molecule has 37 heavy (non-hydrogen) atoms. The Bertz CT molecular complexity index is 1290. The molecule has 4 aromatic rings. The molecule has 0 aliphatic rings. The summed E-state index contributed by atoms with van der Waals surface area (Å²) in [6, 6.07) is 21.6. The predicted octanol–water partition coefficient (Wildman–Crippen LogP) is 6.19. The van der Waals surface area contributed by atoms with Crippen molar-refractivity contribution in [3.05, 3.63) is 90.0 Å². The Balaban J connectivity index is 1.22. The zero-order chi connectivity index (χ0) is 25.9. The monoisotopic (exact) mass is 503 g/mol. The maximum absolute atomic E-state index is 13.0. The molecule has 0 fully saturated rings. The van der Waals surface area contributed by atoms with Gasteiger partial charge in [-0.25, -0.2) is 9.37 Å². The number of amides is 1. The molecule has 1 N–H and O–H groups in total. The third kappa shape index (κ3) is 7.32. The number of carbonyl (C=O) groups is 1. The fourth-order valence-corrected chi connectivity index (χ4v) is 4.35. The average Bonchev–Trinajstić information content (AvgIpc) is 3.28. The minimum absolute atomic E-state index is 0.170. The summed E-state index contributed by atoms with van der Waals surface area (Å²) in [4.78, 5) is 17.0. The lowest BCUT2D eigenvalue weighted by atomic mass is 10.1. The van der Waals surface area contributed by atoms with Crippen LogP contribution >= 0.6 is 0 Å². The molecule has 4 rings (SSSR count). The summed E-state index contributed by atoms with van der Waals surface area (Å²) in [5, 5.41) is 2.91. The van der Waals surface area contributed by atoms with E-state index in [1.807, 2.05) is 30.3 Å². The van der Waals surface area contributed by atoms with Crippen molar-refractivity contribution in [1.29, 1.82) is 0 Å². The van der Waals surface area contributed by atoms with E-state index < -0.39 is 0 Å². The number of aromatic nitrogens is 2. The van der Waals surface area contributed by atoms with Crippen LogP contribution in [0.25, 0.3) is 11.0 Å². The number of methoxy groups -OCH3 is 1. The maximum atomic E-state index is 13.0. The van der Waals surface area contributed by atoms with Gasteiger partial charge in [0.15, 0.2) is 11.5 Å². The summed E-state index contributed by atoms with van der Waals surface area (Å²) in [6.45, 7) is 2.11. The van der Waals surface area contributed by atoms with Crippen molar-refractivity contribution in [2.45, 2.75) is 45.1 Å². The van der Waals surface area contributed by atoms with Gasteiger partial charge in [-0.1, -0.05) is 30.7 Å². The number of rotatable bonds is 14. The van der Waals surface area contributed by atoms with Gasteiger partial charge in [0.05, 0.1) is 24.8 Å². The van der Waals surface area contributed by atoms with Crippen LogP contribution in [0.3, 0.4) is 0 Å². The van der Waals surface area contributed by atoms with E-state index in [1.165, 1.54) is 24.3 Å². The van der Waals surface area contributed by atoms with E-state index >= 15 is 0 Å². The first-order valence-electron chi connectivity index (χ1n) is 12.9. The van der Waals surface area contributed by atoms with E-state index in [4.69, 9.17) is 14.5 Å². The molecule has 7 heteroatoms. The average molecular weight is 504 g/mol. The first-order chi connectivity index (χ1) is 18.2. The van der Waals surface area contributed by atoms with Crippen LogP contribution in [0.2, 0.25) is 0 Å². The molecule has 0 bridgehead atoms. The van der Waals surface area contributed by atoms with Gasteiger partial charge in [-0.05, 0) is 74.2 Å². The van der Waals surface area contributed by atoms with Gasteiger partial charge in [-0.2, -0.15) is 0 Å². The number of nitrogens with zero attached hydrogens (tertiary/aromatic N) is 2. The third-order valence-electron chi connectivity index (χ3n) is 6.31. The molecule has 0 saturated carbocycles. The second-order valence-corrected chi connectivity index (χ2v) is 8.95. The maximum Gasteiger partial charge on any atom is 0.251 e. The predicted molar refractivity (Wildman–Crippen MR) is 144 cm³/mol. The zero-order valence-electron chi connectivity index (χ0n) is 21.3. The van der Waals surface area contributed by atoms with Crippen molar-refractivity contribution in [2.24, 2.45) is 0 Å². The largest absolute Gasteiger partial charge is 0.493 e. The van der Waals surface area contributed by atoms with E-state index in [1.54, 1.807) is 7.11 Å². The number of unbranched alkanes of at least 4 members (excludes halogenated alkanes) is 3. The number of carbonyl (C=O) groups excluding carboxylic acids is 1. The van der Waals surface area contributed by atoms with Crippen LogP contribution in [-0.4, -0.2) is 35.7 Å². The molecule has 0 spiro atoms. The van der Waals surface area contributed by atoms with Gasteiger partial charge in [0.1, 0.15) is 11.6 Å². The van der Waals surface area contributed by atoms with Gasteiger partial charge in [0, 0.05) is 25.1 Å². The van der Waals surface area contributed by atoms with Crippen molar-refractivity contribution < 1.29 is 18.7 Å². The van der Waals surface area contributed by atoms with Crippen molar-refractivity contribution in [3.63, 3.8) is 0 Å². The number of halogens is 1. The quantitative estimate of drug-likeness (QED) is 0.209. The molecular formula is C30H34FN3O3. The standard InChI is InChI=1S/C30H34FN3O3/c1-36-27-13-6-7-14-28(27)37-22-10-9-21-34-26-12-5-4-11-25(26)33-29(34)15-3-2-8-20-32-30(35)23-16-18-24(31)19-17-23/h4-7,11-14,16-19H,2-3,8-10,15,20-22H2,1H3,(H,32,35). The Hall–Kier alpha value is -3.87. The summed E-state index contributed by atoms with van der Waals surface area (Å²) in [5.41, 5.74) is 2.66. The molecule has 1 aromatic heterocycles. The van der Waals surface area contributed by atoms with Crippen LogP contribution in [0.5, 0.6) is 11.5 Å². The molecule has 1 heterocycles. The Morgan fingerprint density at radius 3 is 2.46 bits per heavy atom. The Labute approximate surface area is 217 Å².